The number of H-pyrrole nitrogens is 2. The molecule has 2 aromatic heterocycles. The number of aliphatic carboxylic acids is 1. The van der Waals surface area contributed by atoms with Crippen LogP contribution in [0.1, 0.15) is 111 Å². The van der Waals surface area contributed by atoms with Crippen LogP contribution in [0.5, 0.6) is 0 Å². The van der Waals surface area contributed by atoms with E-state index in [9.17, 15) is 53.1 Å². The lowest BCUT2D eigenvalue weighted by atomic mass is 9.98. The Balaban J connectivity index is 1.31. The van der Waals surface area contributed by atoms with Crippen molar-refractivity contribution in [3.05, 3.63) is 72.1 Å². The number of nitrogens with zero attached hydrogens (tertiary/aromatic N) is 1. The second kappa shape index (κ2) is 30.1. The summed E-state index contributed by atoms with van der Waals surface area (Å²) in [5.74, 6) is -9.02. The molecule has 0 unspecified atom stereocenters. The zero-order valence-corrected chi connectivity index (χ0v) is 47.4. The van der Waals surface area contributed by atoms with E-state index < -0.39 is 120 Å². The van der Waals surface area contributed by atoms with Gasteiger partial charge < -0.3 is 74.4 Å². The van der Waals surface area contributed by atoms with Gasteiger partial charge in [0, 0.05) is 53.6 Å². The van der Waals surface area contributed by atoms with Gasteiger partial charge in [-0.1, -0.05) is 84.4 Å². The number of carbonyl (C=O) groups excluding carboxylic acids is 9. The van der Waals surface area contributed by atoms with Crippen LogP contribution >= 0.6 is 0 Å². The number of aromatic amines is 2. The molecule has 10 atom stereocenters. The number of nitrogens with one attached hydrogen (secondary N) is 9. The van der Waals surface area contributed by atoms with Crippen LogP contribution in [0.4, 0.5) is 0 Å². The molecule has 5 rings (SSSR count). The van der Waals surface area contributed by atoms with Crippen molar-refractivity contribution in [3.8, 4) is 0 Å². The number of carbonyl (C=O) groups is 10. The Hall–Kier alpha value is -7.86. The van der Waals surface area contributed by atoms with Gasteiger partial charge in [0.1, 0.15) is 48.3 Å². The van der Waals surface area contributed by atoms with Crippen LogP contribution < -0.4 is 54.4 Å². The van der Waals surface area contributed by atoms with Crippen molar-refractivity contribution < 1.29 is 53.1 Å². The van der Waals surface area contributed by atoms with Crippen LogP contribution in [-0.4, -0.2) is 147 Å². The van der Waals surface area contributed by atoms with Crippen LogP contribution in [0.15, 0.2) is 60.9 Å². The molecule has 16 N–H and O–H groups in total. The van der Waals surface area contributed by atoms with Crippen molar-refractivity contribution in [1.29, 1.82) is 0 Å². The van der Waals surface area contributed by atoms with E-state index in [2.05, 4.69) is 47.2 Å². The molecule has 81 heavy (non-hydrogen) atoms. The highest BCUT2D eigenvalue weighted by atomic mass is 16.4. The molecule has 442 valence electrons. The lowest BCUT2D eigenvalue weighted by Gasteiger charge is -2.31. The predicted octanol–water partition coefficient (Wildman–Crippen LogP) is 1.00. The van der Waals surface area contributed by atoms with Gasteiger partial charge in [0.15, 0.2) is 0 Å². The quantitative estimate of drug-likeness (QED) is 0.0313. The first-order chi connectivity index (χ1) is 38.4. The molecule has 0 saturated carbocycles. The molecule has 1 aliphatic rings. The molecular formula is C57H83N13O11. The van der Waals surface area contributed by atoms with E-state index in [-0.39, 0.29) is 50.0 Å². The van der Waals surface area contributed by atoms with Crippen LogP contribution in [0, 0.1) is 17.8 Å². The summed E-state index contributed by atoms with van der Waals surface area (Å²) in [5.41, 5.74) is 20.3. The minimum atomic E-state index is -1.70. The third-order valence-electron chi connectivity index (χ3n) is 14.8. The molecule has 1 aliphatic heterocycles. The van der Waals surface area contributed by atoms with E-state index in [1.165, 1.54) is 11.8 Å². The summed E-state index contributed by atoms with van der Waals surface area (Å²) in [6.07, 6.45) is 4.98. The SMILES string of the molecule is CC[C@H](C)[C@H](N)C(=O)N1CCC[C@H]1C(=O)N[C@@H](CC(C)C)C(=O)N[C@H](C(=O)N[C@@H](C)C(=O)N[C@@H](CC(N)=O)C(=O)N[C@@H](Cc1c[nH]c2ccccc12)C(=O)N[C@@H](CCCCN)C(=O)N[C@@H](Cc1c[nH]c2ccccc12)C(=O)O)C(C)C. The van der Waals surface area contributed by atoms with Crippen molar-refractivity contribution >= 4 is 80.9 Å². The maximum Gasteiger partial charge on any atom is 0.326 e. The van der Waals surface area contributed by atoms with E-state index >= 15 is 0 Å². The Morgan fingerprint density at radius 1 is 0.654 bits per heavy atom. The minimum absolute atomic E-state index is 0.0412. The van der Waals surface area contributed by atoms with Crippen molar-refractivity contribution in [2.45, 2.75) is 167 Å². The summed E-state index contributed by atoms with van der Waals surface area (Å²) in [7, 11) is 0. The third kappa shape index (κ3) is 17.8. The van der Waals surface area contributed by atoms with Crippen LogP contribution in [0.25, 0.3) is 21.8 Å². The highest BCUT2D eigenvalue weighted by Crippen LogP contribution is 2.23. The molecule has 3 heterocycles. The molecule has 2 aromatic carbocycles. The molecule has 1 saturated heterocycles. The number of carboxylic acids is 1. The summed E-state index contributed by atoms with van der Waals surface area (Å²) in [6, 6.07) is 3.23. The maximum atomic E-state index is 14.5. The first-order valence-electron chi connectivity index (χ1n) is 27.9. The summed E-state index contributed by atoms with van der Waals surface area (Å²) in [4.78, 5) is 145. The Morgan fingerprint density at radius 2 is 1.19 bits per heavy atom. The van der Waals surface area contributed by atoms with Crippen LogP contribution in [0.3, 0.4) is 0 Å². The van der Waals surface area contributed by atoms with Crippen molar-refractivity contribution in [1.82, 2.24) is 52.1 Å². The molecule has 0 bridgehead atoms. The minimum Gasteiger partial charge on any atom is -0.480 e. The molecule has 0 radical (unpaired) electrons. The zero-order valence-electron chi connectivity index (χ0n) is 47.4. The molecular weight excluding hydrogens is 1040 g/mol. The Kier molecular flexibility index (Phi) is 23.8. The predicted molar refractivity (Wildman–Crippen MR) is 304 cm³/mol. The third-order valence-corrected chi connectivity index (χ3v) is 14.8. The number of rotatable bonds is 31. The molecule has 24 heteroatoms. The number of fused-ring (bicyclic) bond motifs is 2. The van der Waals surface area contributed by atoms with Crippen molar-refractivity contribution in [2.75, 3.05) is 13.1 Å². The number of carboxylic acid groups (broad SMARTS) is 1. The van der Waals surface area contributed by atoms with Crippen molar-refractivity contribution in [3.63, 3.8) is 0 Å². The Labute approximate surface area is 471 Å². The lowest BCUT2D eigenvalue weighted by Crippen LogP contribution is -2.61. The molecule has 1 fully saturated rings. The van der Waals surface area contributed by atoms with Gasteiger partial charge in [0.2, 0.25) is 53.2 Å². The second-order valence-corrected chi connectivity index (χ2v) is 21.9. The topological polar surface area (TPSA) is 388 Å². The van der Waals surface area contributed by atoms with E-state index in [4.69, 9.17) is 17.2 Å². The number of primary amides is 1. The van der Waals surface area contributed by atoms with Crippen LogP contribution in [0.2, 0.25) is 0 Å². The van der Waals surface area contributed by atoms with E-state index in [0.29, 0.717) is 60.7 Å². The summed E-state index contributed by atoms with van der Waals surface area (Å²) in [5, 5.41) is 30.2. The highest BCUT2D eigenvalue weighted by molar-refractivity contribution is 5.99. The number of hydrogen-bond donors (Lipinski definition) is 13. The smallest absolute Gasteiger partial charge is 0.326 e. The molecule has 4 aromatic rings. The Morgan fingerprint density at radius 3 is 1.74 bits per heavy atom. The number of aromatic nitrogens is 2. The number of hydrogen-bond acceptors (Lipinski definition) is 12. The number of likely N-dealkylation sites (tertiary alicyclic amines) is 1. The number of para-hydroxylation sites is 2. The monoisotopic (exact) mass is 1130 g/mol. The van der Waals surface area contributed by atoms with Gasteiger partial charge in [0.25, 0.3) is 0 Å². The van der Waals surface area contributed by atoms with Gasteiger partial charge in [-0.3, -0.25) is 43.2 Å². The first kappa shape index (κ1) is 64.0. The molecule has 9 amide bonds. The number of amides is 9. The van der Waals surface area contributed by atoms with Gasteiger partial charge in [-0.15, -0.1) is 0 Å². The fourth-order valence-corrected chi connectivity index (χ4v) is 9.86. The van der Waals surface area contributed by atoms with Gasteiger partial charge in [-0.05, 0) is 93.0 Å². The fourth-order valence-electron chi connectivity index (χ4n) is 9.86. The van der Waals surface area contributed by atoms with Gasteiger partial charge in [0.05, 0.1) is 12.5 Å². The number of unbranched alkanes of at least 4 members (excludes halogenated alkanes) is 1. The summed E-state index contributed by atoms with van der Waals surface area (Å²) in [6.45, 7) is 12.8. The van der Waals surface area contributed by atoms with E-state index in [0.717, 1.165) is 10.9 Å². The second-order valence-electron chi connectivity index (χ2n) is 21.9. The maximum absolute atomic E-state index is 14.5. The lowest BCUT2D eigenvalue weighted by molar-refractivity contribution is -0.142. The molecule has 0 spiro atoms. The standard InChI is InChI=1S/C57H83N13O11/c1-8-32(6)47(60)56(79)70-23-15-21-45(70)54(77)67-41(24-30(2)3)53(76)69-48(31(4)5)55(78)63-33(7)49(72)65-43(27-46(59)71)52(75)66-42(25-34-28-61-38-18-11-9-16-36(34)38)51(74)64-40(20-13-14-22-58)50(73)68-44(57(80)81)26-35-29-62-39-19-12-10-17-37(35)39/h9-12,16-19,28-33,40-45,47-48,61-62H,8,13-15,20-27,58,60H2,1-7H3,(H2,59,71)(H,63,78)(H,64,74)(H,65,72)(H,66,75)(H,67,77)(H,68,73)(H,69,76)(H,80,81)/t32-,33-,40-,41-,42-,43-,44-,45-,47-,48-/m0/s1. The first-order valence-corrected chi connectivity index (χ1v) is 27.9. The zero-order chi connectivity index (χ0) is 59.7. The van der Waals surface area contributed by atoms with E-state index in [1.807, 2.05) is 45.9 Å². The average Bonchev–Trinajstić information content (AvgIpc) is 4.19. The fraction of sp³-hybridized carbons (Fsp3) is 0.544. The average molecular weight is 1130 g/mol. The molecule has 24 nitrogen and oxygen atoms in total. The van der Waals surface area contributed by atoms with Gasteiger partial charge in [-0.25, -0.2) is 4.79 Å². The number of nitrogens with two attached hydrogens (primary N) is 3. The van der Waals surface area contributed by atoms with Crippen molar-refractivity contribution in [2.24, 2.45) is 35.0 Å². The Bertz CT molecular complexity index is 2870. The summed E-state index contributed by atoms with van der Waals surface area (Å²) >= 11 is 0. The van der Waals surface area contributed by atoms with E-state index in [1.54, 1.807) is 56.6 Å². The van der Waals surface area contributed by atoms with Gasteiger partial charge in [-0.2, -0.15) is 0 Å². The van der Waals surface area contributed by atoms with Crippen LogP contribution in [-0.2, 0) is 60.8 Å². The molecule has 0 aliphatic carbocycles. The largest absolute Gasteiger partial charge is 0.480 e. The van der Waals surface area contributed by atoms with Gasteiger partial charge >= 0.3 is 5.97 Å². The highest BCUT2D eigenvalue weighted by Gasteiger charge is 2.40. The normalized spacial score (nSPS) is 16.7. The summed E-state index contributed by atoms with van der Waals surface area (Å²) < 4.78 is 0. The number of benzene rings is 2.